The van der Waals surface area contributed by atoms with Gasteiger partial charge in [-0.1, -0.05) is 12.1 Å². The maximum absolute atomic E-state index is 10.9. The van der Waals surface area contributed by atoms with Crippen LogP contribution in [-0.4, -0.2) is 17.3 Å². The van der Waals surface area contributed by atoms with Gasteiger partial charge in [0.2, 0.25) is 0 Å². The number of rotatable bonds is 1. The van der Waals surface area contributed by atoms with Gasteiger partial charge in [-0.3, -0.25) is 10.2 Å². The van der Waals surface area contributed by atoms with Crippen molar-refractivity contribution in [1.29, 1.82) is 5.41 Å². The lowest BCUT2D eigenvalue weighted by Gasteiger charge is -1.98. The summed E-state index contributed by atoms with van der Waals surface area (Å²) in [5, 5.41) is 11.2. The van der Waals surface area contributed by atoms with Crippen molar-refractivity contribution in [2.75, 3.05) is 5.73 Å². The molecule has 4 N–H and O–H groups in total. The lowest BCUT2D eigenvalue weighted by Crippen LogP contribution is -2.22. The maximum Gasteiger partial charge on any atom is 0.291 e. The number of hydrogen-bond acceptors (Lipinski definition) is 4. The van der Waals surface area contributed by atoms with Crippen LogP contribution in [0.2, 0.25) is 0 Å². The summed E-state index contributed by atoms with van der Waals surface area (Å²) in [6, 6.07) is 6.85. The van der Waals surface area contributed by atoms with Crippen molar-refractivity contribution in [3.63, 3.8) is 0 Å². The molecule has 0 aromatic heterocycles. The Morgan fingerprint density at radius 2 is 1.93 bits per heavy atom. The SMILES string of the molecule is N=C1C(=O)NN=C1c1ccc(N)cc1. The Morgan fingerprint density at radius 1 is 1.29 bits per heavy atom. The lowest BCUT2D eigenvalue weighted by atomic mass is 10.1. The van der Waals surface area contributed by atoms with Crippen LogP contribution in [0.4, 0.5) is 5.69 Å². The molecule has 0 atom stereocenters. The van der Waals surface area contributed by atoms with Gasteiger partial charge in [0.25, 0.3) is 5.91 Å². The van der Waals surface area contributed by atoms with Crippen LogP contribution in [0.5, 0.6) is 0 Å². The normalized spacial score (nSPS) is 15.3. The highest BCUT2D eigenvalue weighted by Gasteiger charge is 2.23. The van der Waals surface area contributed by atoms with E-state index >= 15 is 0 Å². The lowest BCUT2D eigenvalue weighted by molar-refractivity contribution is -0.114. The monoisotopic (exact) mass is 188 g/mol. The first kappa shape index (κ1) is 8.43. The molecule has 70 valence electrons. The van der Waals surface area contributed by atoms with Crippen LogP contribution in [-0.2, 0) is 4.79 Å². The highest BCUT2D eigenvalue weighted by molar-refractivity contribution is 6.70. The average Bonchev–Trinajstić information content (AvgIpc) is 2.50. The van der Waals surface area contributed by atoms with Crippen molar-refractivity contribution in [3.8, 4) is 0 Å². The van der Waals surface area contributed by atoms with Crippen molar-refractivity contribution < 1.29 is 4.79 Å². The number of carbonyl (C=O) groups is 1. The molecular weight excluding hydrogens is 180 g/mol. The summed E-state index contributed by atoms with van der Waals surface area (Å²) < 4.78 is 0. The minimum Gasteiger partial charge on any atom is -0.399 e. The molecule has 1 aliphatic heterocycles. The fraction of sp³-hybridized carbons (Fsp3) is 0. The minimum atomic E-state index is -0.475. The summed E-state index contributed by atoms with van der Waals surface area (Å²) in [5.74, 6) is -0.475. The van der Waals surface area contributed by atoms with E-state index in [1.165, 1.54) is 0 Å². The van der Waals surface area contributed by atoms with E-state index in [2.05, 4.69) is 10.5 Å². The Balaban J connectivity index is 2.37. The van der Waals surface area contributed by atoms with Gasteiger partial charge in [-0.2, -0.15) is 5.10 Å². The van der Waals surface area contributed by atoms with Gasteiger partial charge in [0.1, 0.15) is 11.4 Å². The molecule has 5 nitrogen and oxygen atoms in total. The first-order valence-electron chi connectivity index (χ1n) is 4.01. The molecule has 0 saturated heterocycles. The van der Waals surface area contributed by atoms with E-state index in [1.807, 2.05) is 0 Å². The second-order valence-electron chi connectivity index (χ2n) is 2.90. The van der Waals surface area contributed by atoms with Crippen LogP contribution in [0.1, 0.15) is 5.56 Å². The van der Waals surface area contributed by atoms with E-state index in [-0.39, 0.29) is 5.71 Å². The van der Waals surface area contributed by atoms with Crippen molar-refractivity contribution >= 4 is 23.0 Å². The number of hydrazone groups is 1. The second kappa shape index (κ2) is 2.95. The minimum absolute atomic E-state index is 0.116. The molecule has 0 fully saturated rings. The molecule has 14 heavy (non-hydrogen) atoms. The topological polar surface area (TPSA) is 91.3 Å². The summed E-state index contributed by atoms with van der Waals surface area (Å²) in [4.78, 5) is 10.9. The molecular formula is C9H8N4O. The smallest absolute Gasteiger partial charge is 0.291 e. The summed E-state index contributed by atoms with van der Waals surface area (Å²) in [5.41, 5.74) is 9.33. The van der Waals surface area contributed by atoms with Crippen molar-refractivity contribution in [3.05, 3.63) is 29.8 Å². The molecule has 2 rings (SSSR count). The Morgan fingerprint density at radius 3 is 2.43 bits per heavy atom. The number of hydrogen-bond donors (Lipinski definition) is 3. The van der Waals surface area contributed by atoms with E-state index in [0.717, 1.165) is 0 Å². The molecule has 0 saturated carbocycles. The Hall–Kier alpha value is -2.17. The third-order valence-electron chi connectivity index (χ3n) is 1.92. The van der Waals surface area contributed by atoms with Crippen LogP contribution in [0, 0.1) is 5.41 Å². The fourth-order valence-electron chi connectivity index (χ4n) is 1.18. The quantitative estimate of drug-likeness (QED) is 0.546. The average molecular weight is 188 g/mol. The van der Waals surface area contributed by atoms with Gasteiger partial charge >= 0.3 is 0 Å². The van der Waals surface area contributed by atoms with Crippen LogP contribution in [0.25, 0.3) is 0 Å². The molecule has 1 aromatic carbocycles. The Bertz CT molecular complexity index is 433. The number of carbonyl (C=O) groups excluding carboxylic acids is 1. The highest BCUT2D eigenvalue weighted by atomic mass is 16.2. The van der Waals surface area contributed by atoms with Gasteiger partial charge < -0.3 is 5.73 Å². The third-order valence-corrected chi connectivity index (χ3v) is 1.92. The van der Waals surface area contributed by atoms with Crippen LogP contribution < -0.4 is 11.2 Å². The largest absolute Gasteiger partial charge is 0.399 e. The van der Waals surface area contributed by atoms with Crippen molar-refractivity contribution in [1.82, 2.24) is 5.43 Å². The van der Waals surface area contributed by atoms with Crippen molar-refractivity contribution in [2.45, 2.75) is 0 Å². The number of nitrogens with zero attached hydrogens (tertiary/aromatic N) is 1. The third kappa shape index (κ3) is 1.24. The highest BCUT2D eigenvalue weighted by Crippen LogP contribution is 2.09. The van der Waals surface area contributed by atoms with Crippen LogP contribution >= 0.6 is 0 Å². The van der Waals surface area contributed by atoms with E-state index in [0.29, 0.717) is 17.0 Å². The number of benzene rings is 1. The van der Waals surface area contributed by atoms with Gasteiger partial charge in [-0.25, -0.2) is 5.43 Å². The molecule has 0 unspecified atom stereocenters. The van der Waals surface area contributed by atoms with Crippen molar-refractivity contribution in [2.24, 2.45) is 5.10 Å². The number of amides is 1. The molecule has 1 amide bonds. The van der Waals surface area contributed by atoms with E-state index < -0.39 is 5.91 Å². The maximum atomic E-state index is 10.9. The van der Waals surface area contributed by atoms with Crippen LogP contribution in [0.3, 0.4) is 0 Å². The fourth-order valence-corrected chi connectivity index (χ4v) is 1.18. The van der Waals surface area contributed by atoms with Gasteiger partial charge in [0, 0.05) is 11.3 Å². The molecule has 0 spiro atoms. The van der Waals surface area contributed by atoms with Gasteiger partial charge in [0.05, 0.1) is 0 Å². The summed E-state index contributed by atoms with van der Waals surface area (Å²) in [6.45, 7) is 0. The first-order chi connectivity index (χ1) is 6.68. The standard InChI is InChI=1S/C9H8N4O/c10-6-3-1-5(2-4-6)8-7(11)9(14)13-12-8/h1-4H,10H2,(H2,11,13,14). The summed E-state index contributed by atoms with van der Waals surface area (Å²) in [7, 11) is 0. The number of nitrogens with one attached hydrogen (secondary N) is 2. The molecule has 1 aliphatic rings. The molecule has 0 radical (unpaired) electrons. The Kier molecular flexibility index (Phi) is 1.78. The summed E-state index contributed by atoms with van der Waals surface area (Å²) >= 11 is 0. The number of nitrogen functional groups attached to an aromatic ring is 1. The van der Waals surface area contributed by atoms with E-state index in [4.69, 9.17) is 11.1 Å². The summed E-state index contributed by atoms with van der Waals surface area (Å²) in [6.07, 6.45) is 0. The predicted molar refractivity (Wildman–Crippen MR) is 53.3 cm³/mol. The zero-order valence-electron chi connectivity index (χ0n) is 7.24. The van der Waals surface area contributed by atoms with Crippen LogP contribution in [0.15, 0.2) is 29.4 Å². The molecule has 0 aliphatic carbocycles. The first-order valence-corrected chi connectivity index (χ1v) is 4.01. The molecule has 1 heterocycles. The van der Waals surface area contributed by atoms with Gasteiger partial charge in [0.15, 0.2) is 0 Å². The Labute approximate surface area is 80.1 Å². The zero-order chi connectivity index (χ0) is 10.1. The molecule has 0 bridgehead atoms. The molecule has 5 heteroatoms. The van der Waals surface area contributed by atoms with E-state index in [1.54, 1.807) is 24.3 Å². The number of nitrogens with two attached hydrogens (primary N) is 1. The predicted octanol–water partition coefficient (Wildman–Crippen LogP) is 0.122. The number of anilines is 1. The van der Waals surface area contributed by atoms with Gasteiger partial charge in [-0.05, 0) is 12.1 Å². The molecule has 1 aromatic rings. The van der Waals surface area contributed by atoms with Gasteiger partial charge in [-0.15, -0.1) is 0 Å². The van der Waals surface area contributed by atoms with E-state index in [9.17, 15) is 4.79 Å². The second-order valence-corrected chi connectivity index (χ2v) is 2.90. The zero-order valence-corrected chi connectivity index (χ0v) is 7.24.